The minimum atomic E-state index is -0.396. The van der Waals surface area contributed by atoms with Crippen molar-refractivity contribution in [3.05, 3.63) is 0 Å². The molecule has 1 spiro atoms. The van der Waals surface area contributed by atoms with E-state index in [0.29, 0.717) is 25.4 Å². The lowest BCUT2D eigenvalue weighted by Crippen LogP contribution is -2.39. The van der Waals surface area contributed by atoms with Crippen LogP contribution in [0, 0.1) is 5.92 Å². The van der Waals surface area contributed by atoms with Crippen molar-refractivity contribution in [1.29, 1.82) is 0 Å². The van der Waals surface area contributed by atoms with Crippen molar-refractivity contribution >= 4 is 5.78 Å². The average molecular weight is 170 g/mol. The molecule has 0 aromatic heterocycles. The van der Waals surface area contributed by atoms with Crippen LogP contribution in [0.15, 0.2) is 0 Å². The summed E-state index contributed by atoms with van der Waals surface area (Å²) >= 11 is 0. The molecule has 1 heterocycles. The fraction of sp³-hybridized carbons (Fsp3) is 0.889. The first-order valence-corrected chi connectivity index (χ1v) is 4.52. The molecule has 0 aromatic rings. The molecule has 1 atom stereocenters. The molecule has 2 aliphatic rings. The van der Waals surface area contributed by atoms with Gasteiger partial charge in [0, 0.05) is 25.2 Å². The zero-order valence-corrected chi connectivity index (χ0v) is 7.34. The highest BCUT2D eigenvalue weighted by molar-refractivity contribution is 5.81. The summed E-state index contributed by atoms with van der Waals surface area (Å²) in [4.78, 5) is 11.2. The van der Waals surface area contributed by atoms with E-state index in [1.54, 1.807) is 0 Å². The summed E-state index contributed by atoms with van der Waals surface area (Å²) in [5, 5.41) is 0. The molecule has 1 aliphatic carbocycles. The Hall–Kier alpha value is -0.410. The third-order valence-corrected chi connectivity index (χ3v) is 2.73. The molecule has 0 amide bonds. The summed E-state index contributed by atoms with van der Waals surface area (Å²) in [6.07, 6.45) is 2.10. The first kappa shape index (κ1) is 8.20. The van der Waals surface area contributed by atoms with Gasteiger partial charge in [-0.2, -0.15) is 0 Å². The second-order valence-corrected chi connectivity index (χ2v) is 3.68. The molecule has 0 radical (unpaired) electrons. The monoisotopic (exact) mass is 170 g/mol. The second kappa shape index (κ2) is 2.82. The maximum absolute atomic E-state index is 11.2. The van der Waals surface area contributed by atoms with E-state index in [1.807, 2.05) is 6.92 Å². The SMILES string of the molecule is C[C@@H]1CC2(CCC1=O)OCCO2. The zero-order chi connectivity index (χ0) is 8.60. The number of ketones is 1. The lowest BCUT2D eigenvalue weighted by molar-refractivity contribution is -0.187. The molecule has 0 N–H and O–H groups in total. The molecule has 1 saturated heterocycles. The summed E-state index contributed by atoms with van der Waals surface area (Å²) in [6, 6.07) is 0. The van der Waals surface area contributed by atoms with E-state index in [-0.39, 0.29) is 5.92 Å². The van der Waals surface area contributed by atoms with Gasteiger partial charge in [0.25, 0.3) is 0 Å². The third kappa shape index (κ3) is 1.27. The average Bonchev–Trinajstić information content (AvgIpc) is 2.47. The van der Waals surface area contributed by atoms with Gasteiger partial charge in [-0.3, -0.25) is 4.79 Å². The summed E-state index contributed by atoms with van der Waals surface area (Å²) in [5.74, 6) is 0.0597. The predicted molar refractivity (Wildman–Crippen MR) is 42.7 cm³/mol. The van der Waals surface area contributed by atoms with Crippen LogP contribution in [-0.2, 0) is 14.3 Å². The molecule has 0 aromatic carbocycles. The minimum Gasteiger partial charge on any atom is -0.347 e. The van der Waals surface area contributed by atoms with Crippen molar-refractivity contribution in [2.75, 3.05) is 13.2 Å². The topological polar surface area (TPSA) is 35.5 Å². The fourth-order valence-electron chi connectivity index (χ4n) is 2.00. The Balaban J connectivity index is 2.05. The summed E-state index contributed by atoms with van der Waals surface area (Å²) < 4.78 is 11.1. The third-order valence-electron chi connectivity index (χ3n) is 2.73. The highest BCUT2D eigenvalue weighted by atomic mass is 16.7. The van der Waals surface area contributed by atoms with Crippen molar-refractivity contribution in [3.8, 4) is 0 Å². The molecular formula is C9H14O3. The molecular weight excluding hydrogens is 156 g/mol. The normalized spacial score (nSPS) is 34.4. The quantitative estimate of drug-likeness (QED) is 0.546. The van der Waals surface area contributed by atoms with Crippen molar-refractivity contribution in [3.63, 3.8) is 0 Å². The van der Waals surface area contributed by atoms with Crippen molar-refractivity contribution < 1.29 is 14.3 Å². The van der Waals surface area contributed by atoms with Crippen LogP contribution < -0.4 is 0 Å². The van der Waals surface area contributed by atoms with Crippen LogP contribution >= 0.6 is 0 Å². The molecule has 2 rings (SSSR count). The van der Waals surface area contributed by atoms with Gasteiger partial charge in [0.15, 0.2) is 5.79 Å². The first-order valence-electron chi connectivity index (χ1n) is 4.52. The van der Waals surface area contributed by atoms with E-state index in [0.717, 1.165) is 12.8 Å². The molecule has 68 valence electrons. The maximum Gasteiger partial charge on any atom is 0.169 e. The Morgan fingerprint density at radius 3 is 2.67 bits per heavy atom. The van der Waals surface area contributed by atoms with Crippen LogP contribution in [0.5, 0.6) is 0 Å². The van der Waals surface area contributed by atoms with Crippen LogP contribution in [0.4, 0.5) is 0 Å². The van der Waals surface area contributed by atoms with E-state index in [2.05, 4.69) is 0 Å². The largest absolute Gasteiger partial charge is 0.347 e. The van der Waals surface area contributed by atoms with E-state index in [1.165, 1.54) is 0 Å². The van der Waals surface area contributed by atoms with E-state index < -0.39 is 5.79 Å². The van der Waals surface area contributed by atoms with Gasteiger partial charge >= 0.3 is 0 Å². The van der Waals surface area contributed by atoms with Gasteiger partial charge < -0.3 is 9.47 Å². The van der Waals surface area contributed by atoms with E-state index in [9.17, 15) is 4.79 Å². The summed E-state index contributed by atoms with van der Waals surface area (Å²) in [5.41, 5.74) is 0. The van der Waals surface area contributed by atoms with Crippen molar-refractivity contribution in [2.45, 2.75) is 32.0 Å². The Kier molecular flexibility index (Phi) is 1.93. The molecule has 0 bridgehead atoms. The highest BCUT2D eigenvalue weighted by Gasteiger charge is 2.42. The summed E-state index contributed by atoms with van der Waals surface area (Å²) in [6.45, 7) is 3.32. The molecule has 3 nitrogen and oxygen atoms in total. The van der Waals surface area contributed by atoms with Crippen LogP contribution in [0.3, 0.4) is 0 Å². The number of hydrogen-bond acceptors (Lipinski definition) is 3. The molecule has 2 fully saturated rings. The molecule has 1 aliphatic heterocycles. The molecule has 3 heteroatoms. The molecule has 1 saturated carbocycles. The van der Waals surface area contributed by atoms with Crippen LogP contribution in [0.1, 0.15) is 26.2 Å². The molecule has 0 unspecified atom stereocenters. The first-order chi connectivity index (χ1) is 5.72. The second-order valence-electron chi connectivity index (χ2n) is 3.68. The van der Waals surface area contributed by atoms with Gasteiger partial charge in [-0.05, 0) is 0 Å². The number of Topliss-reactive ketones (excluding diaryl/α,β-unsaturated/α-hetero) is 1. The van der Waals surface area contributed by atoms with Crippen molar-refractivity contribution in [1.82, 2.24) is 0 Å². The number of carbonyl (C=O) groups is 1. The summed E-state index contributed by atoms with van der Waals surface area (Å²) in [7, 11) is 0. The lowest BCUT2D eigenvalue weighted by Gasteiger charge is -2.33. The smallest absolute Gasteiger partial charge is 0.169 e. The Labute approximate surface area is 72.0 Å². The minimum absolute atomic E-state index is 0.108. The lowest BCUT2D eigenvalue weighted by atomic mass is 9.85. The number of hydrogen-bond donors (Lipinski definition) is 0. The number of carbonyl (C=O) groups excluding carboxylic acids is 1. The van der Waals surface area contributed by atoms with Gasteiger partial charge in [0.1, 0.15) is 5.78 Å². The van der Waals surface area contributed by atoms with Crippen LogP contribution in [-0.4, -0.2) is 24.8 Å². The molecule has 12 heavy (non-hydrogen) atoms. The van der Waals surface area contributed by atoms with E-state index >= 15 is 0 Å². The van der Waals surface area contributed by atoms with Crippen LogP contribution in [0.2, 0.25) is 0 Å². The van der Waals surface area contributed by atoms with Gasteiger partial charge in [-0.25, -0.2) is 0 Å². The predicted octanol–water partition coefficient (Wildman–Crippen LogP) is 1.12. The van der Waals surface area contributed by atoms with Crippen LogP contribution in [0.25, 0.3) is 0 Å². The highest BCUT2D eigenvalue weighted by Crippen LogP contribution is 2.36. The standard InChI is InChI=1S/C9H14O3/c1-7-6-9(3-2-8(7)10)11-4-5-12-9/h7H,2-6H2,1H3/t7-/m1/s1. The number of rotatable bonds is 0. The number of ether oxygens (including phenoxy) is 2. The van der Waals surface area contributed by atoms with Gasteiger partial charge in [0.05, 0.1) is 13.2 Å². The van der Waals surface area contributed by atoms with Gasteiger partial charge in [-0.1, -0.05) is 6.92 Å². The van der Waals surface area contributed by atoms with Gasteiger partial charge in [0.2, 0.25) is 0 Å². The Morgan fingerprint density at radius 2 is 2.08 bits per heavy atom. The zero-order valence-electron chi connectivity index (χ0n) is 7.34. The maximum atomic E-state index is 11.2. The van der Waals surface area contributed by atoms with Gasteiger partial charge in [-0.15, -0.1) is 0 Å². The fourth-order valence-corrected chi connectivity index (χ4v) is 2.00. The van der Waals surface area contributed by atoms with Crippen molar-refractivity contribution in [2.24, 2.45) is 5.92 Å². The Bertz CT molecular complexity index is 194. The van der Waals surface area contributed by atoms with E-state index in [4.69, 9.17) is 9.47 Å². The Morgan fingerprint density at radius 1 is 1.42 bits per heavy atom.